The van der Waals surface area contributed by atoms with Gasteiger partial charge in [-0.3, -0.25) is 14.5 Å². The van der Waals surface area contributed by atoms with E-state index in [1.54, 1.807) is 43.5 Å². The van der Waals surface area contributed by atoms with Crippen molar-refractivity contribution >= 4 is 28.8 Å². The summed E-state index contributed by atoms with van der Waals surface area (Å²) in [5.74, 6) is -0.292. The zero-order valence-electron chi connectivity index (χ0n) is 22.1. The van der Waals surface area contributed by atoms with Gasteiger partial charge >= 0.3 is 0 Å². The molecule has 0 aliphatic carbocycles. The first-order valence-corrected chi connectivity index (χ1v) is 13.0. The normalized spacial score (nSPS) is 19.8. The van der Waals surface area contributed by atoms with Gasteiger partial charge in [0, 0.05) is 42.5 Å². The van der Waals surface area contributed by atoms with Gasteiger partial charge in [0.05, 0.1) is 18.7 Å². The Bertz CT molecular complexity index is 1410. The fourth-order valence-corrected chi connectivity index (χ4v) is 5.36. The third-order valence-electron chi connectivity index (χ3n) is 7.28. The number of aliphatic hydroxyl groups is 1. The van der Waals surface area contributed by atoms with Crippen LogP contribution in [0.25, 0.3) is 5.76 Å². The van der Waals surface area contributed by atoms with Crippen LogP contribution >= 0.6 is 0 Å². The number of nitrogens with zero attached hydrogens (tertiary/aromatic N) is 2. The molecule has 1 N–H and O–H groups in total. The molecule has 0 radical (unpaired) electrons. The third kappa shape index (κ3) is 4.38. The Labute approximate surface area is 222 Å². The first kappa shape index (κ1) is 25.4. The van der Waals surface area contributed by atoms with Gasteiger partial charge in [-0.2, -0.15) is 0 Å². The molecule has 1 fully saturated rings. The van der Waals surface area contributed by atoms with Crippen molar-refractivity contribution in [2.24, 2.45) is 0 Å². The van der Waals surface area contributed by atoms with E-state index in [1.807, 2.05) is 37.3 Å². The molecule has 2 unspecified atom stereocenters. The number of amides is 1. The molecule has 2 heterocycles. The van der Waals surface area contributed by atoms with E-state index in [9.17, 15) is 14.7 Å². The molecule has 2 aliphatic heterocycles. The van der Waals surface area contributed by atoms with Gasteiger partial charge in [-0.05, 0) is 74.4 Å². The standard InChI is InChI=1S/C31H32N2O5/c1-5-32(6-2)23-13-10-20(11-14-23)28-27(29(34)21-12-15-26-22(17-21)16-19(3)38-26)30(35)31(36)33(28)24-8-7-9-25(18-24)37-4/h7-15,17-19,28,34H,5-6,16H2,1-4H3/b29-27-. The number of ketones is 1. The molecule has 2 aliphatic rings. The van der Waals surface area contributed by atoms with Crippen molar-refractivity contribution in [1.82, 2.24) is 0 Å². The smallest absolute Gasteiger partial charge is 0.300 e. The summed E-state index contributed by atoms with van der Waals surface area (Å²) in [7, 11) is 1.55. The molecule has 1 amide bonds. The Kier molecular flexibility index (Phi) is 6.85. The lowest BCUT2D eigenvalue weighted by Gasteiger charge is -2.27. The maximum Gasteiger partial charge on any atom is 0.300 e. The highest BCUT2D eigenvalue weighted by molar-refractivity contribution is 6.51. The average molecular weight is 513 g/mol. The van der Waals surface area contributed by atoms with Crippen LogP contribution in [0.3, 0.4) is 0 Å². The number of rotatable bonds is 7. The van der Waals surface area contributed by atoms with E-state index in [4.69, 9.17) is 9.47 Å². The number of hydrogen-bond donors (Lipinski definition) is 1. The zero-order chi connectivity index (χ0) is 27.0. The Morgan fingerprint density at radius 1 is 1.05 bits per heavy atom. The van der Waals surface area contributed by atoms with Gasteiger partial charge in [0.15, 0.2) is 0 Å². The summed E-state index contributed by atoms with van der Waals surface area (Å²) in [4.78, 5) is 30.7. The Hall–Kier alpha value is -4.26. The quantitative estimate of drug-likeness (QED) is 0.256. The number of aliphatic hydroxyl groups excluding tert-OH is 1. The number of Topliss-reactive ketones (excluding diaryl/α,β-unsaturated/α-hetero) is 1. The highest BCUT2D eigenvalue weighted by Gasteiger charge is 2.47. The molecule has 2 atom stereocenters. The number of carbonyl (C=O) groups is 2. The number of fused-ring (bicyclic) bond motifs is 1. The lowest BCUT2D eigenvalue weighted by molar-refractivity contribution is -0.132. The molecule has 3 aromatic carbocycles. The van der Waals surface area contributed by atoms with Gasteiger partial charge in [-0.15, -0.1) is 0 Å². The maximum atomic E-state index is 13.5. The van der Waals surface area contributed by atoms with Crippen LogP contribution in [-0.2, 0) is 16.0 Å². The van der Waals surface area contributed by atoms with E-state index in [0.717, 1.165) is 35.7 Å². The van der Waals surface area contributed by atoms with Crippen LogP contribution in [-0.4, -0.2) is 43.1 Å². The van der Waals surface area contributed by atoms with Crippen LogP contribution in [0, 0.1) is 0 Å². The van der Waals surface area contributed by atoms with Crippen LogP contribution in [0.5, 0.6) is 11.5 Å². The van der Waals surface area contributed by atoms with Crippen molar-refractivity contribution in [3.63, 3.8) is 0 Å². The predicted octanol–water partition coefficient (Wildman–Crippen LogP) is 5.49. The van der Waals surface area contributed by atoms with Crippen LogP contribution < -0.4 is 19.3 Å². The Morgan fingerprint density at radius 3 is 2.47 bits per heavy atom. The van der Waals surface area contributed by atoms with Gasteiger partial charge < -0.3 is 19.5 Å². The molecule has 0 aromatic heterocycles. The summed E-state index contributed by atoms with van der Waals surface area (Å²) < 4.78 is 11.2. The Balaban J connectivity index is 1.66. The van der Waals surface area contributed by atoms with Crippen molar-refractivity contribution in [3.05, 3.63) is 89.0 Å². The van der Waals surface area contributed by atoms with E-state index >= 15 is 0 Å². The van der Waals surface area contributed by atoms with Gasteiger partial charge in [-0.1, -0.05) is 18.2 Å². The molecule has 3 aromatic rings. The molecule has 7 nitrogen and oxygen atoms in total. The lowest BCUT2D eigenvalue weighted by Crippen LogP contribution is -2.29. The summed E-state index contributed by atoms with van der Waals surface area (Å²) in [6, 6.07) is 19.4. The number of ether oxygens (including phenoxy) is 2. The second-order valence-electron chi connectivity index (χ2n) is 9.59. The van der Waals surface area contributed by atoms with Crippen molar-refractivity contribution in [3.8, 4) is 11.5 Å². The monoisotopic (exact) mass is 512 g/mol. The van der Waals surface area contributed by atoms with Crippen molar-refractivity contribution in [2.45, 2.75) is 39.3 Å². The summed E-state index contributed by atoms with van der Waals surface area (Å²) in [5.41, 5.74) is 3.78. The van der Waals surface area contributed by atoms with E-state index in [-0.39, 0.29) is 17.4 Å². The van der Waals surface area contributed by atoms with E-state index in [2.05, 4.69) is 18.7 Å². The van der Waals surface area contributed by atoms with Crippen molar-refractivity contribution in [1.29, 1.82) is 0 Å². The third-order valence-corrected chi connectivity index (χ3v) is 7.28. The maximum absolute atomic E-state index is 13.5. The largest absolute Gasteiger partial charge is 0.507 e. The molecule has 0 bridgehead atoms. The molecular formula is C31H32N2O5. The average Bonchev–Trinajstić information content (AvgIpc) is 3.44. The number of benzene rings is 3. The van der Waals surface area contributed by atoms with E-state index in [1.165, 1.54) is 4.90 Å². The minimum absolute atomic E-state index is 0.0466. The topological polar surface area (TPSA) is 79.3 Å². The second-order valence-corrected chi connectivity index (χ2v) is 9.59. The first-order valence-electron chi connectivity index (χ1n) is 13.0. The number of carbonyl (C=O) groups excluding carboxylic acids is 2. The van der Waals surface area contributed by atoms with Gasteiger partial charge in [-0.25, -0.2) is 0 Å². The summed E-state index contributed by atoms with van der Waals surface area (Å²) in [6.07, 6.45) is 0.760. The molecule has 38 heavy (non-hydrogen) atoms. The highest BCUT2D eigenvalue weighted by atomic mass is 16.5. The molecular weight excluding hydrogens is 480 g/mol. The minimum atomic E-state index is -0.809. The number of hydrogen-bond acceptors (Lipinski definition) is 6. The molecule has 1 saturated heterocycles. The van der Waals surface area contributed by atoms with Gasteiger partial charge in [0.2, 0.25) is 0 Å². The van der Waals surface area contributed by atoms with Crippen molar-refractivity contribution < 1.29 is 24.2 Å². The van der Waals surface area contributed by atoms with E-state index in [0.29, 0.717) is 23.4 Å². The molecule has 0 saturated carbocycles. The van der Waals surface area contributed by atoms with Crippen LogP contribution in [0.1, 0.15) is 43.5 Å². The Morgan fingerprint density at radius 2 is 1.79 bits per heavy atom. The molecule has 0 spiro atoms. The minimum Gasteiger partial charge on any atom is -0.507 e. The lowest BCUT2D eigenvalue weighted by atomic mass is 9.94. The van der Waals surface area contributed by atoms with Crippen LogP contribution in [0.15, 0.2) is 72.3 Å². The number of methoxy groups -OCH3 is 1. The van der Waals surface area contributed by atoms with Crippen LogP contribution in [0.2, 0.25) is 0 Å². The number of anilines is 2. The fraction of sp³-hybridized carbons (Fsp3) is 0.290. The van der Waals surface area contributed by atoms with Crippen LogP contribution in [0.4, 0.5) is 11.4 Å². The van der Waals surface area contributed by atoms with Gasteiger partial charge in [0.25, 0.3) is 11.7 Å². The predicted molar refractivity (Wildman–Crippen MR) is 148 cm³/mol. The zero-order valence-corrected chi connectivity index (χ0v) is 22.1. The summed E-state index contributed by atoms with van der Waals surface area (Å²) in [6.45, 7) is 7.90. The first-order chi connectivity index (χ1) is 18.4. The molecule has 7 heteroatoms. The highest BCUT2D eigenvalue weighted by Crippen LogP contribution is 2.43. The summed E-state index contributed by atoms with van der Waals surface area (Å²) in [5, 5.41) is 11.5. The second kappa shape index (κ2) is 10.2. The van der Waals surface area contributed by atoms with E-state index < -0.39 is 17.7 Å². The van der Waals surface area contributed by atoms with Gasteiger partial charge in [0.1, 0.15) is 23.4 Å². The molecule has 5 rings (SSSR count). The SMILES string of the molecule is CCN(CC)c1ccc(C2/C(=C(/O)c3ccc4c(c3)CC(C)O4)C(=O)C(=O)N2c2cccc(OC)c2)cc1. The van der Waals surface area contributed by atoms with Crippen molar-refractivity contribution in [2.75, 3.05) is 30.0 Å². The fourth-order valence-electron chi connectivity index (χ4n) is 5.36. The molecule has 196 valence electrons. The summed E-state index contributed by atoms with van der Waals surface area (Å²) >= 11 is 0.